The van der Waals surface area contributed by atoms with Crippen molar-refractivity contribution in [2.24, 2.45) is 7.05 Å². The molecule has 2 aromatic heterocycles. The molecule has 0 radical (unpaired) electrons. The van der Waals surface area contributed by atoms with Crippen molar-refractivity contribution in [2.75, 3.05) is 38.5 Å². The number of carbonyl (C=O) groups is 1. The van der Waals surface area contributed by atoms with Crippen LogP contribution in [0.15, 0.2) is 61.1 Å². The van der Waals surface area contributed by atoms with E-state index in [1.54, 1.807) is 17.1 Å². The summed E-state index contributed by atoms with van der Waals surface area (Å²) in [6.07, 6.45) is 5.30. The first-order valence-electron chi connectivity index (χ1n) is 11.1. The van der Waals surface area contributed by atoms with E-state index in [-0.39, 0.29) is 11.7 Å². The Kier molecular flexibility index (Phi) is 5.85. The Balaban J connectivity index is 1.22. The molecule has 1 saturated heterocycles. The van der Waals surface area contributed by atoms with Crippen molar-refractivity contribution in [1.82, 2.24) is 29.5 Å². The normalized spacial score (nSPS) is 15.1. The van der Waals surface area contributed by atoms with Crippen molar-refractivity contribution in [3.05, 3.63) is 72.4 Å². The Morgan fingerprint density at radius 2 is 1.67 bits per heavy atom. The van der Waals surface area contributed by atoms with Gasteiger partial charge in [-0.05, 0) is 36.4 Å². The molecule has 8 heteroatoms. The first-order valence-corrected chi connectivity index (χ1v) is 11.1. The minimum Gasteiger partial charge on any atom is -0.319 e. The lowest BCUT2D eigenvalue weighted by Crippen LogP contribution is -2.43. The van der Waals surface area contributed by atoms with E-state index in [4.69, 9.17) is 0 Å². The summed E-state index contributed by atoms with van der Waals surface area (Å²) in [7, 11) is 4.04. The van der Waals surface area contributed by atoms with Gasteiger partial charge in [-0.1, -0.05) is 24.3 Å². The highest BCUT2D eigenvalue weighted by Crippen LogP contribution is 2.20. The Morgan fingerprint density at radius 3 is 2.39 bits per heavy atom. The van der Waals surface area contributed by atoms with Gasteiger partial charge in [-0.15, -0.1) is 0 Å². The smallest absolute Gasteiger partial charge is 0.293 e. The molecule has 0 bridgehead atoms. The highest BCUT2D eigenvalue weighted by Gasteiger charge is 2.14. The maximum atomic E-state index is 12.6. The van der Waals surface area contributed by atoms with Crippen LogP contribution in [0.4, 0.5) is 5.69 Å². The lowest BCUT2D eigenvalue weighted by Gasteiger charge is -2.32. The second-order valence-corrected chi connectivity index (χ2v) is 8.60. The molecule has 1 N–H and O–H groups in total. The standard InChI is InChI=1S/C25H27N7O/c1-30-9-11-32(12-10-30)16-18-3-5-19(6-4-18)21-14-26-24(27-15-21)25(33)28-22-7-8-23-20(13-22)17-31(2)29-23/h3-8,13-15,17H,9-12,16H2,1-2H3,(H,28,33). The summed E-state index contributed by atoms with van der Waals surface area (Å²) < 4.78 is 1.75. The molecule has 2 aromatic carbocycles. The first kappa shape index (κ1) is 21.2. The molecule has 0 saturated carbocycles. The van der Waals surface area contributed by atoms with E-state index in [1.165, 1.54) is 5.56 Å². The van der Waals surface area contributed by atoms with Gasteiger partial charge in [0.2, 0.25) is 5.82 Å². The Bertz CT molecular complexity index is 1260. The minimum absolute atomic E-state index is 0.136. The molecule has 1 amide bonds. The number of amides is 1. The van der Waals surface area contributed by atoms with E-state index in [2.05, 4.69) is 61.5 Å². The van der Waals surface area contributed by atoms with Gasteiger partial charge >= 0.3 is 0 Å². The molecule has 33 heavy (non-hydrogen) atoms. The van der Waals surface area contributed by atoms with Gasteiger partial charge in [-0.3, -0.25) is 14.4 Å². The number of likely N-dealkylation sites (N-methyl/N-ethyl adjacent to an activating group) is 1. The highest BCUT2D eigenvalue weighted by atomic mass is 16.2. The van der Waals surface area contributed by atoms with E-state index in [9.17, 15) is 4.79 Å². The number of aryl methyl sites for hydroxylation is 1. The van der Waals surface area contributed by atoms with Crippen LogP contribution in [0.5, 0.6) is 0 Å². The molecule has 0 spiro atoms. The zero-order chi connectivity index (χ0) is 22.8. The summed E-state index contributed by atoms with van der Waals surface area (Å²) in [5.74, 6) is -0.205. The third kappa shape index (κ3) is 4.92. The molecule has 5 rings (SSSR count). The zero-order valence-corrected chi connectivity index (χ0v) is 18.9. The van der Waals surface area contributed by atoms with Crippen molar-refractivity contribution in [3.8, 4) is 11.1 Å². The SMILES string of the molecule is CN1CCN(Cc2ccc(-c3cnc(C(=O)Nc4ccc5nn(C)cc5c4)nc3)cc2)CC1. The van der Waals surface area contributed by atoms with Gasteiger partial charge in [0, 0.05) is 75.0 Å². The number of anilines is 1. The van der Waals surface area contributed by atoms with E-state index in [0.29, 0.717) is 5.69 Å². The Hall–Kier alpha value is -3.62. The van der Waals surface area contributed by atoms with Crippen molar-refractivity contribution >= 4 is 22.5 Å². The monoisotopic (exact) mass is 441 g/mol. The average molecular weight is 442 g/mol. The second-order valence-electron chi connectivity index (χ2n) is 8.60. The molecular weight excluding hydrogens is 414 g/mol. The summed E-state index contributed by atoms with van der Waals surface area (Å²) >= 11 is 0. The van der Waals surface area contributed by atoms with Crippen molar-refractivity contribution < 1.29 is 4.79 Å². The number of aromatic nitrogens is 4. The fraction of sp³-hybridized carbons (Fsp3) is 0.280. The summed E-state index contributed by atoms with van der Waals surface area (Å²) in [6, 6.07) is 14.1. The van der Waals surface area contributed by atoms with E-state index >= 15 is 0 Å². The van der Waals surface area contributed by atoms with Gasteiger partial charge in [0.05, 0.1) is 5.52 Å². The molecule has 4 aromatic rings. The third-order valence-electron chi connectivity index (χ3n) is 6.02. The number of carbonyl (C=O) groups excluding carboxylic acids is 1. The topological polar surface area (TPSA) is 79.2 Å². The average Bonchev–Trinajstić information content (AvgIpc) is 3.20. The van der Waals surface area contributed by atoms with Gasteiger partial charge in [-0.25, -0.2) is 9.97 Å². The predicted octanol–water partition coefficient (Wildman–Crippen LogP) is 3.03. The lowest BCUT2D eigenvalue weighted by atomic mass is 10.1. The first-order chi connectivity index (χ1) is 16.0. The predicted molar refractivity (Wildman–Crippen MR) is 129 cm³/mol. The van der Waals surface area contributed by atoms with E-state index in [1.807, 2.05) is 31.4 Å². The molecular formula is C25H27N7O. The van der Waals surface area contributed by atoms with Crippen LogP contribution >= 0.6 is 0 Å². The molecule has 8 nitrogen and oxygen atoms in total. The van der Waals surface area contributed by atoms with Crippen LogP contribution in [-0.4, -0.2) is 68.7 Å². The van der Waals surface area contributed by atoms with Gasteiger partial charge in [0.25, 0.3) is 5.91 Å². The van der Waals surface area contributed by atoms with Crippen LogP contribution < -0.4 is 5.32 Å². The van der Waals surface area contributed by atoms with Gasteiger partial charge < -0.3 is 10.2 Å². The number of benzene rings is 2. The Morgan fingerprint density at radius 1 is 0.939 bits per heavy atom. The molecule has 0 aliphatic carbocycles. The molecule has 1 fully saturated rings. The third-order valence-corrected chi connectivity index (χ3v) is 6.02. The molecule has 0 unspecified atom stereocenters. The van der Waals surface area contributed by atoms with Gasteiger partial charge in [-0.2, -0.15) is 5.10 Å². The van der Waals surface area contributed by atoms with Crippen LogP contribution in [-0.2, 0) is 13.6 Å². The number of nitrogens with one attached hydrogen (secondary N) is 1. The van der Waals surface area contributed by atoms with Crippen molar-refractivity contribution in [2.45, 2.75) is 6.54 Å². The van der Waals surface area contributed by atoms with Crippen LogP contribution in [0.25, 0.3) is 22.0 Å². The number of hydrogen-bond donors (Lipinski definition) is 1. The van der Waals surface area contributed by atoms with Crippen molar-refractivity contribution in [3.63, 3.8) is 0 Å². The minimum atomic E-state index is -0.340. The number of piperazine rings is 1. The molecule has 168 valence electrons. The fourth-order valence-corrected chi connectivity index (χ4v) is 4.07. The van der Waals surface area contributed by atoms with Crippen molar-refractivity contribution in [1.29, 1.82) is 0 Å². The number of fused-ring (bicyclic) bond motifs is 1. The fourth-order valence-electron chi connectivity index (χ4n) is 4.07. The number of rotatable bonds is 5. The molecule has 3 heterocycles. The largest absolute Gasteiger partial charge is 0.319 e. The number of nitrogens with zero attached hydrogens (tertiary/aromatic N) is 6. The summed E-state index contributed by atoms with van der Waals surface area (Å²) in [5, 5.41) is 8.16. The zero-order valence-electron chi connectivity index (χ0n) is 18.9. The van der Waals surface area contributed by atoms with E-state index in [0.717, 1.165) is 54.8 Å². The Labute approximate surface area is 192 Å². The quantitative estimate of drug-likeness (QED) is 0.513. The lowest BCUT2D eigenvalue weighted by molar-refractivity contribution is 0.101. The summed E-state index contributed by atoms with van der Waals surface area (Å²) in [5.41, 5.74) is 4.78. The van der Waals surface area contributed by atoms with Crippen LogP contribution in [0.1, 0.15) is 16.2 Å². The van der Waals surface area contributed by atoms with Crippen LogP contribution in [0, 0.1) is 0 Å². The van der Waals surface area contributed by atoms with Crippen LogP contribution in [0.2, 0.25) is 0 Å². The maximum Gasteiger partial charge on any atom is 0.293 e. The number of hydrogen-bond acceptors (Lipinski definition) is 6. The maximum absolute atomic E-state index is 12.6. The second kappa shape index (κ2) is 9.09. The highest BCUT2D eigenvalue weighted by molar-refractivity contribution is 6.02. The van der Waals surface area contributed by atoms with E-state index < -0.39 is 0 Å². The van der Waals surface area contributed by atoms with Crippen LogP contribution in [0.3, 0.4) is 0 Å². The van der Waals surface area contributed by atoms with Gasteiger partial charge in [0.1, 0.15) is 0 Å². The summed E-state index contributed by atoms with van der Waals surface area (Å²) in [6.45, 7) is 5.41. The summed E-state index contributed by atoms with van der Waals surface area (Å²) in [4.78, 5) is 26.0. The molecule has 1 aliphatic heterocycles. The molecule has 0 atom stereocenters. The van der Waals surface area contributed by atoms with Gasteiger partial charge in [0.15, 0.2) is 0 Å². The molecule has 1 aliphatic rings.